The second-order valence-electron chi connectivity index (χ2n) is 5.32. The third-order valence-corrected chi connectivity index (χ3v) is 4.46. The van der Waals surface area contributed by atoms with E-state index in [1.165, 1.54) is 0 Å². The van der Waals surface area contributed by atoms with E-state index in [1.807, 2.05) is 60.7 Å². The van der Waals surface area contributed by atoms with Crippen molar-refractivity contribution >= 4 is 27.8 Å². The number of carbonyl (C=O) groups is 1. The third kappa shape index (κ3) is 3.02. The van der Waals surface area contributed by atoms with Gasteiger partial charge in [0.15, 0.2) is 5.78 Å². The number of nitriles is 1. The molecule has 0 aromatic heterocycles. The molecule has 0 aliphatic heterocycles. The predicted molar refractivity (Wildman–Crippen MR) is 100 cm³/mol. The van der Waals surface area contributed by atoms with E-state index in [0.717, 1.165) is 22.3 Å². The van der Waals surface area contributed by atoms with E-state index in [9.17, 15) is 10.1 Å². The first-order valence-electron chi connectivity index (χ1n) is 7.53. The molecule has 2 aliphatic rings. The SMILES string of the molecule is N#Cc1c2cccccc-2c(C(=O)/C=C/c2ccccc2)c1CBr. The van der Waals surface area contributed by atoms with E-state index < -0.39 is 0 Å². The van der Waals surface area contributed by atoms with Crippen molar-refractivity contribution in [2.75, 3.05) is 0 Å². The number of ketones is 1. The molecule has 0 amide bonds. The monoisotopic (exact) mass is 375 g/mol. The van der Waals surface area contributed by atoms with Crippen molar-refractivity contribution in [2.45, 2.75) is 5.33 Å². The van der Waals surface area contributed by atoms with Gasteiger partial charge in [0.1, 0.15) is 6.07 Å². The Labute approximate surface area is 149 Å². The molecule has 0 spiro atoms. The van der Waals surface area contributed by atoms with Crippen LogP contribution in [0.3, 0.4) is 0 Å². The van der Waals surface area contributed by atoms with Crippen molar-refractivity contribution in [1.82, 2.24) is 0 Å². The van der Waals surface area contributed by atoms with E-state index >= 15 is 0 Å². The van der Waals surface area contributed by atoms with Gasteiger partial charge in [-0.15, -0.1) is 0 Å². The van der Waals surface area contributed by atoms with Gasteiger partial charge in [0.25, 0.3) is 0 Å². The fourth-order valence-corrected chi connectivity index (χ4v) is 3.36. The molecular formula is C21H14BrNO. The maximum absolute atomic E-state index is 12.8. The molecule has 1 aromatic rings. The Hall–Kier alpha value is -2.70. The number of alkyl halides is 1. The lowest BCUT2D eigenvalue weighted by molar-refractivity contribution is 0.104. The molecule has 2 nitrogen and oxygen atoms in total. The average Bonchev–Trinajstić information content (AvgIpc) is 2.75. The molecule has 3 rings (SSSR count). The van der Waals surface area contributed by atoms with Crippen LogP contribution in [0.5, 0.6) is 0 Å². The van der Waals surface area contributed by atoms with Gasteiger partial charge in [-0.3, -0.25) is 4.79 Å². The van der Waals surface area contributed by atoms with Crippen molar-refractivity contribution in [3.63, 3.8) is 0 Å². The van der Waals surface area contributed by atoms with E-state index in [1.54, 1.807) is 12.2 Å². The fraction of sp³-hybridized carbons (Fsp3) is 0.0476. The van der Waals surface area contributed by atoms with Crippen LogP contribution in [-0.4, -0.2) is 5.78 Å². The topological polar surface area (TPSA) is 40.9 Å². The van der Waals surface area contributed by atoms with Crippen molar-refractivity contribution in [2.24, 2.45) is 0 Å². The standard InChI is InChI=1S/C21H14BrNO/c22-13-18-19(14-23)16-9-5-2-6-10-17(16)21(18)20(24)12-11-15-7-3-1-4-8-15/h1-12H,13H2/b12-11+. The molecule has 0 fully saturated rings. The molecule has 0 radical (unpaired) electrons. The van der Waals surface area contributed by atoms with Gasteiger partial charge in [-0.1, -0.05) is 82.7 Å². The molecule has 0 N–H and O–H groups in total. The largest absolute Gasteiger partial charge is 0.289 e. The number of hydrogen-bond acceptors (Lipinski definition) is 2. The van der Waals surface area contributed by atoms with Crippen molar-refractivity contribution < 1.29 is 4.79 Å². The number of nitrogens with zero attached hydrogens (tertiary/aromatic N) is 1. The van der Waals surface area contributed by atoms with Crippen LogP contribution in [0.25, 0.3) is 17.2 Å². The Kier molecular flexibility index (Phi) is 4.88. The zero-order valence-electron chi connectivity index (χ0n) is 12.9. The maximum Gasteiger partial charge on any atom is 0.186 e. The van der Waals surface area contributed by atoms with Crippen LogP contribution in [0.2, 0.25) is 0 Å². The minimum absolute atomic E-state index is 0.0917. The zero-order valence-corrected chi connectivity index (χ0v) is 14.5. The normalized spacial score (nSPS) is 10.8. The summed E-state index contributed by atoms with van der Waals surface area (Å²) in [6.45, 7) is 0. The highest BCUT2D eigenvalue weighted by Crippen LogP contribution is 2.37. The van der Waals surface area contributed by atoms with Gasteiger partial charge in [0.2, 0.25) is 0 Å². The van der Waals surface area contributed by atoms with Gasteiger partial charge in [-0.05, 0) is 22.8 Å². The molecule has 2 aliphatic carbocycles. The summed E-state index contributed by atoms with van der Waals surface area (Å²) < 4.78 is 0. The molecule has 0 saturated heterocycles. The lowest BCUT2D eigenvalue weighted by atomic mass is 10.0. The van der Waals surface area contributed by atoms with Crippen LogP contribution in [0, 0.1) is 11.3 Å². The van der Waals surface area contributed by atoms with Gasteiger partial charge >= 0.3 is 0 Å². The number of allylic oxidation sites excluding steroid dienone is 1. The van der Waals surface area contributed by atoms with E-state index in [-0.39, 0.29) is 5.78 Å². The quantitative estimate of drug-likeness (QED) is 0.345. The lowest BCUT2D eigenvalue weighted by Gasteiger charge is -2.00. The summed E-state index contributed by atoms with van der Waals surface area (Å²) in [7, 11) is 0. The average molecular weight is 376 g/mol. The molecule has 116 valence electrons. The highest BCUT2D eigenvalue weighted by atomic mass is 79.9. The van der Waals surface area contributed by atoms with Gasteiger partial charge in [-0.2, -0.15) is 5.26 Å². The Morgan fingerprint density at radius 3 is 2.25 bits per heavy atom. The number of rotatable bonds is 4. The van der Waals surface area contributed by atoms with Crippen LogP contribution in [0.15, 0.2) is 66.7 Å². The number of halogens is 1. The molecule has 0 bridgehead atoms. The number of carbonyl (C=O) groups excluding carboxylic acids is 1. The Morgan fingerprint density at radius 2 is 1.62 bits per heavy atom. The lowest BCUT2D eigenvalue weighted by Crippen LogP contribution is -1.98. The predicted octanol–water partition coefficient (Wildman–Crippen LogP) is 5.45. The third-order valence-electron chi connectivity index (χ3n) is 3.90. The summed E-state index contributed by atoms with van der Waals surface area (Å²) >= 11 is 3.43. The Morgan fingerprint density at radius 1 is 1.00 bits per heavy atom. The number of benzene rings is 1. The van der Waals surface area contributed by atoms with Crippen LogP contribution in [0.4, 0.5) is 0 Å². The van der Waals surface area contributed by atoms with Gasteiger partial charge < -0.3 is 0 Å². The molecule has 0 unspecified atom stereocenters. The van der Waals surface area contributed by atoms with Gasteiger partial charge in [0, 0.05) is 16.5 Å². The van der Waals surface area contributed by atoms with Crippen LogP contribution in [-0.2, 0) is 5.33 Å². The Balaban J connectivity index is 2.11. The second kappa shape index (κ2) is 7.25. The Bertz CT molecular complexity index is 922. The summed E-state index contributed by atoms with van der Waals surface area (Å²) in [5, 5.41) is 10.00. The maximum atomic E-state index is 12.8. The van der Waals surface area contributed by atoms with E-state index in [2.05, 4.69) is 22.0 Å². The number of hydrogen-bond donors (Lipinski definition) is 0. The molecule has 0 saturated carbocycles. The summed E-state index contributed by atoms with van der Waals surface area (Å²) in [6, 6.07) is 21.4. The van der Waals surface area contributed by atoms with E-state index in [4.69, 9.17) is 0 Å². The molecule has 0 heterocycles. The van der Waals surface area contributed by atoms with Crippen LogP contribution >= 0.6 is 15.9 Å². The zero-order chi connectivity index (χ0) is 16.9. The van der Waals surface area contributed by atoms with Crippen LogP contribution in [0.1, 0.15) is 27.0 Å². The first-order chi connectivity index (χ1) is 11.8. The minimum atomic E-state index is -0.0917. The summed E-state index contributed by atoms with van der Waals surface area (Å²) in [5.74, 6) is -0.0917. The van der Waals surface area contributed by atoms with Gasteiger partial charge in [-0.25, -0.2) is 0 Å². The molecular weight excluding hydrogens is 362 g/mol. The highest BCUT2D eigenvalue weighted by molar-refractivity contribution is 9.08. The van der Waals surface area contributed by atoms with Crippen molar-refractivity contribution in [3.05, 3.63) is 89.0 Å². The molecule has 0 atom stereocenters. The number of fused-ring (bicyclic) bond motifs is 1. The minimum Gasteiger partial charge on any atom is -0.289 e. The second-order valence-corrected chi connectivity index (χ2v) is 5.88. The molecule has 3 heteroatoms. The first kappa shape index (κ1) is 16.2. The van der Waals surface area contributed by atoms with Crippen LogP contribution < -0.4 is 0 Å². The summed E-state index contributed by atoms with van der Waals surface area (Å²) in [6.07, 6.45) is 3.37. The fourth-order valence-electron chi connectivity index (χ4n) is 2.80. The summed E-state index contributed by atoms with van der Waals surface area (Å²) in [4.78, 5) is 12.8. The van der Waals surface area contributed by atoms with Gasteiger partial charge in [0.05, 0.1) is 5.56 Å². The molecule has 1 aromatic carbocycles. The molecule has 24 heavy (non-hydrogen) atoms. The highest BCUT2D eigenvalue weighted by Gasteiger charge is 2.24. The van der Waals surface area contributed by atoms with E-state index in [0.29, 0.717) is 16.5 Å². The van der Waals surface area contributed by atoms with Crippen molar-refractivity contribution in [1.29, 1.82) is 5.26 Å². The van der Waals surface area contributed by atoms with Crippen molar-refractivity contribution in [3.8, 4) is 17.2 Å². The summed E-state index contributed by atoms with van der Waals surface area (Å²) in [5.41, 5.74) is 4.51. The first-order valence-corrected chi connectivity index (χ1v) is 8.65. The smallest absolute Gasteiger partial charge is 0.186 e.